The summed E-state index contributed by atoms with van der Waals surface area (Å²) in [5.41, 5.74) is -0.259. The van der Waals surface area contributed by atoms with E-state index >= 15 is 0 Å². The fourth-order valence-corrected chi connectivity index (χ4v) is 2.89. The van der Waals surface area contributed by atoms with Crippen LogP contribution in [0.15, 0.2) is 10.3 Å². The highest BCUT2D eigenvalue weighted by molar-refractivity contribution is 7.91. The minimum Gasteiger partial charge on any atom is -0.478 e. The highest BCUT2D eigenvalue weighted by Crippen LogP contribution is 2.25. The molecule has 0 spiro atoms. The van der Waals surface area contributed by atoms with E-state index in [4.69, 9.17) is 10.2 Å². The third-order valence-corrected chi connectivity index (χ3v) is 3.84. The first-order valence-corrected chi connectivity index (χ1v) is 5.55. The van der Waals surface area contributed by atoms with E-state index < -0.39 is 16.0 Å². The Kier molecular flexibility index (Phi) is 2.42. The average molecular weight is 221 g/mol. The molecule has 0 aromatic carbocycles. The van der Waals surface area contributed by atoms with Gasteiger partial charge in [0.05, 0.1) is 5.56 Å². The van der Waals surface area contributed by atoms with E-state index in [1.54, 1.807) is 6.92 Å². The molecule has 5 nitrogen and oxygen atoms in total. The molecular weight excluding hydrogens is 214 g/mol. The van der Waals surface area contributed by atoms with Crippen LogP contribution in [0, 0.1) is 6.92 Å². The normalized spacial score (nSPS) is 11.5. The first kappa shape index (κ1) is 10.2. The molecule has 0 saturated carbocycles. The van der Waals surface area contributed by atoms with E-state index in [1.165, 1.54) is 6.07 Å². The molecule has 1 rings (SSSR count). The van der Waals surface area contributed by atoms with Crippen molar-refractivity contribution >= 4 is 27.3 Å². The van der Waals surface area contributed by atoms with Crippen molar-refractivity contribution in [2.75, 3.05) is 0 Å². The largest absolute Gasteiger partial charge is 0.478 e. The van der Waals surface area contributed by atoms with Crippen LogP contribution in [-0.2, 0) is 10.0 Å². The number of aryl methyl sites for hydroxylation is 1. The van der Waals surface area contributed by atoms with Crippen LogP contribution in [0.5, 0.6) is 0 Å². The number of aromatic carboxylic acids is 1. The summed E-state index contributed by atoms with van der Waals surface area (Å²) in [4.78, 5) is 11.2. The molecule has 0 fully saturated rings. The lowest BCUT2D eigenvalue weighted by Crippen LogP contribution is -2.14. The lowest BCUT2D eigenvalue weighted by atomic mass is 10.3. The molecule has 0 saturated heterocycles. The van der Waals surface area contributed by atoms with Crippen molar-refractivity contribution < 1.29 is 18.3 Å². The van der Waals surface area contributed by atoms with Gasteiger partial charge in [0.1, 0.15) is 4.21 Å². The van der Waals surface area contributed by atoms with Crippen molar-refractivity contribution in [1.82, 2.24) is 0 Å². The number of hydrogen-bond donors (Lipinski definition) is 2. The summed E-state index contributed by atoms with van der Waals surface area (Å²) in [5, 5.41) is 13.5. The summed E-state index contributed by atoms with van der Waals surface area (Å²) < 4.78 is 21.5. The van der Waals surface area contributed by atoms with E-state index in [1.807, 2.05) is 0 Å². The van der Waals surface area contributed by atoms with Crippen LogP contribution >= 0.6 is 11.3 Å². The van der Waals surface area contributed by atoms with Crippen LogP contribution in [0.3, 0.4) is 0 Å². The lowest BCUT2D eigenvalue weighted by molar-refractivity contribution is 0.0693. The van der Waals surface area contributed by atoms with Crippen LogP contribution < -0.4 is 5.14 Å². The number of nitrogens with two attached hydrogens (primary N) is 1. The van der Waals surface area contributed by atoms with Gasteiger partial charge in [0.15, 0.2) is 0 Å². The Labute approximate surface area is 78.9 Å². The fraction of sp³-hybridized carbons (Fsp3) is 0.167. The second-order valence-corrected chi connectivity index (χ2v) is 5.42. The van der Waals surface area contributed by atoms with E-state index in [0.29, 0.717) is 4.88 Å². The van der Waals surface area contributed by atoms with Crippen LogP contribution in [-0.4, -0.2) is 19.5 Å². The standard InChI is InChI=1S/C6H7NO4S2/c1-3-2-4(5(8)9)6(12-3)13(7,10)11/h2H,1H3,(H,8,9)(H2,7,10,11). The van der Waals surface area contributed by atoms with Gasteiger partial charge >= 0.3 is 5.97 Å². The first-order valence-electron chi connectivity index (χ1n) is 3.19. The van der Waals surface area contributed by atoms with Gasteiger partial charge in [0.25, 0.3) is 0 Å². The smallest absolute Gasteiger partial charge is 0.337 e. The third kappa shape index (κ3) is 2.06. The molecule has 7 heteroatoms. The van der Waals surface area contributed by atoms with Gasteiger partial charge in [-0.1, -0.05) is 0 Å². The molecule has 0 amide bonds. The maximum Gasteiger partial charge on any atom is 0.337 e. The van der Waals surface area contributed by atoms with Crippen molar-refractivity contribution in [1.29, 1.82) is 0 Å². The molecule has 0 aliphatic carbocycles. The number of carboxylic acids is 1. The molecule has 72 valence electrons. The summed E-state index contributed by atoms with van der Waals surface area (Å²) in [6.07, 6.45) is 0. The molecule has 0 unspecified atom stereocenters. The zero-order chi connectivity index (χ0) is 10.2. The summed E-state index contributed by atoms with van der Waals surface area (Å²) >= 11 is 0.856. The van der Waals surface area contributed by atoms with Crippen LogP contribution in [0.1, 0.15) is 15.2 Å². The minimum absolute atomic E-state index is 0.259. The first-order chi connectivity index (χ1) is 5.82. The quantitative estimate of drug-likeness (QED) is 0.755. The second kappa shape index (κ2) is 3.09. The molecule has 13 heavy (non-hydrogen) atoms. The number of hydrogen-bond acceptors (Lipinski definition) is 4. The fourth-order valence-electron chi connectivity index (χ4n) is 0.853. The lowest BCUT2D eigenvalue weighted by Gasteiger charge is -1.94. The molecule has 1 aromatic heterocycles. The molecular formula is C6H7NO4S2. The number of sulfonamides is 1. The van der Waals surface area contributed by atoms with E-state index in [9.17, 15) is 13.2 Å². The van der Waals surface area contributed by atoms with Gasteiger partial charge < -0.3 is 5.11 Å². The van der Waals surface area contributed by atoms with Crippen LogP contribution in [0.4, 0.5) is 0 Å². The van der Waals surface area contributed by atoms with Gasteiger partial charge in [-0.25, -0.2) is 18.4 Å². The number of carbonyl (C=O) groups is 1. The monoisotopic (exact) mass is 221 g/mol. The third-order valence-electron chi connectivity index (χ3n) is 1.31. The van der Waals surface area contributed by atoms with Gasteiger partial charge in [-0.3, -0.25) is 0 Å². The molecule has 1 aromatic rings. The Morgan fingerprint density at radius 1 is 1.62 bits per heavy atom. The summed E-state index contributed by atoms with van der Waals surface area (Å²) in [6.45, 7) is 1.62. The molecule has 1 heterocycles. The number of carboxylic acid groups (broad SMARTS) is 1. The summed E-state index contributed by atoms with van der Waals surface area (Å²) in [6, 6.07) is 1.28. The maximum atomic E-state index is 10.9. The van der Waals surface area contributed by atoms with Gasteiger partial charge in [0, 0.05) is 4.88 Å². The van der Waals surface area contributed by atoms with Crippen LogP contribution in [0.25, 0.3) is 0 Å². The average Bonchev–Trinajstić information content (AvgIpc) is 2.29. The summed E-state index contributed by atoms with van der Waals surface area (Å²) in [5.74, 6) is -1.28. The Balaban J connectivity index is 3.46. The Morgan fingerprint density at radius 3 is 2.46 bits per heavy atom. The molecule has 0 bridgehead atoms. The van der Waals surface area contributed by atoms with Gasteiger partial charge in [-0.05, 0) is 13.0 Å². The minimum atomic E-state index is -3.92. The predicted molar refractivity (Wildman–Crippen MR) is 47.4 cm³/mol. The Bertz CT molecular complexity index is 445. The molecule has 0 aliphatic rings. The van der Waals surface area contributed by atoms with Gasteiger partial charge in [0.2, 0.25) is 10.0 Å². The van der Waals surface area contributed by atoms with Gasteiger partial charge in [-0.15, -0.1) is 11.3 Å². The second-order valence-electron chi connectivity index (χ2n) is 2.41. The van der Waals surface area contributed by atoms with Crippen LogP contribution in [0.2, 0.25) is 0 Å². The molecule has 3 N–H and O–H groups in total. The molecule has 0 aliphatic heterocycles. The van der Waals surface area contributed by atoms with Crippen molar-refractivity contribution in [3.05, 3.63) is 16.5 Å². The van der Waals surface area contributed by atoms with Crippen molar-refractivity contribution in [3.63, 3.8) is 0 Å². The van der Waals surface area contributed by atoms with Crippen molar-refractivity contribution in [3.8, 4) is 0 Å². The highest BCUT2D eigenvalue weighted by Gasteiger charge is 2.21. The number of thiophene rings is 1. The predicted octanol–water partition coefficient (Wildman–Crippen LogP) is 0.402. The number of primary sulfonamides is 1. The molecule has 0 radical (unpaired) electrons. The SMILES string of the molecule is Cc1cc(C(=O)O)c(S(N)(=O)=O)s1. The van der Waals surface area contributed by atoms with Crippen molar-refractivity contribution in [2.24, 2.45) is 5.14 Å². The zero-order valence-electron chi connectivity index (χ0n) is 6.64. The number of rotatable bonds is 2. The van der Waals surface area contributed by atoms with E-state index in [2.05, 4.69) is 0 Å². The van der Waals surface area contributed by atoms with E-state index in [-0.39, 0.29) is 9.77 Å². The van der Waals surface area contributed by atoms with E-state index in [0.717, 1.165) is 11.3 Å². The zero-order valence-corrected chi connectivity index (χ0v) is 8.28. The highest BCUT2D eigenvalue weighted by atomic mass is 32.2. The summed E-state index contributed by atoms with van der Waals surface area (Å²) in [7, 11) is -3.92. The maximum absolute atomic E-state index is 10.9. The molecule has 0 atom stereocenters. The Morgan fingerprint density at radius 2 is 2.15 bits per heavy atom. The van der Waals surface area contributed by atoms with Crippen molar-refractivity contribution in [2.45, 2.75) is 11.1 Å². The topological polar surface area (TPSA) is 97.5 Å². The van der Waals surface area contributed by atoms with Gasteiger partial charge in [-0.2, -0.15) is 0 Å². The Hall–Kier alpha value is -0.920.